The van der Waals surface area contributed by atoms with Gasteiger partial charge in [-0.15, -0.1) is 0 Å². The standard InChI is InChI=1S/C29H37N7O4/c1-5-40-13-12-23-20(4)24-15-31-28(33-26(24)36(27(23)37)21-8-6-7-9-21)32-25-11-10-22(14-30-25)34-16-18(2)35(29(38)39)19(3)17-34/h10-15,18-19,21H,5-9,16-17H2,1-4H3,(H,38,39)(H,30,31,32,33). The molecule has 0 aromatic carbocycles. The Morgan fingerprint density at radius 1 is 1.15 bits per heavy atom. The van der Waals surface area contributed by atoms with E-state index in [1.807, 2.05) is 44.4 Å². The van der Waals surface area contributed by atoms with E-state index >= 15 is 0 Å². The Labute approximate surface area is 233 Å². The molecule has 11 nitrogen and oxygen atoms in total. The number of rotatable bonds is 7. The fourth-order valence-corrected chi connectivity index (χ4v) is 5.99. The Bertz CT molecular complexity index is 1450. The van der Waals surface area contributed by atoms with Crippen molar-refractivity contribution < 1.29 is 14.6 Å². The molecule has 2 atom stereocenters. The molecule has 1 aliphatic heterocycles. The van der Waals surface area contributed by atoms with Gasteiger partial charge in [0.1, 0.15) is 11.5 Å². The fraction of sp³-hybridized carbons (Fsp3) is 0.483. The summed E-state index contributed by atoms with van der Waals surface area (Å²) in [5.74, 6) is 0.948. The van der Waals surface area contributed by atoms with Gasteiger partial charge in [0, 0.05) is 36.3 Å². The minimum Gasteiger partial charge on any atom is -0.501 e. The second-order valence-corrected chi connectivity index (χ2v) is 10.7. The number of carbonyl (C=O) groups is 1. The predicted molar refractivity (Wildman–Crippen MR) is 155 cm³/mol. The molecular weight excluding hydrogens is 510 g/mol. The van der Waals surface area contributed by atoms with Gasteiger partial charge >= 0.3 is 6.09 Å². The third kappa shape index (κ3) is 5.32. The lowest BCUT2D eigenvalue weighted by molar-refractivity contribution is 0.0982. The van der Waals surface area contributed by atoms with Crippen molar-refractivity contribution in [2.75, 3.05) is 29.9 Å². The number of nitrogens with one attached hydrogen (secondary N) is 1. The Morgan fingerprint density at radius 2 is 1.88 bits per heavy atom. The highest BCUT2D eigenvalue weighted by Crippen LogP contribution is 2.32. The van der Waals surface area contributed by atoms with Gasteiger partial charge < -0.3 is 20.1 Å². The zero-order valence-corrected chi connectivity index (χ0v) is 23.5. The number of ether oxygens (including phenoxy) is 1. The number of carboxylic acid groups (broad SMARTS) is 1. The first-order chi connectivity index (χ1) is 19.3. The molecule has 40 heavy (non-hydrogen) atoms. The van der Waals surface area contributed by atoms with E-state index in [1.54, 1.807) is 24.7 Å². The summed E-state index contributed by atoms with van der Waals surface area (Å²) >= 11 is 0. The molecule has 3 aromatic heterocycles. The van der Waals surface area contributed by atoms with Gasteiger partial charge in [0.05, 0.1) is 36.8 Å². The Kier molecular flexibility index (Phi) is 7.90. The van der Waals surface area contributed by atoms with E-state index in [-0.39, 0.29) is 23.7 Å². The number of hydrogen-bond donors (Lipinski definition) is 2. The molecule has 2 fully saturated rings. The highest BCUT2D eigenvalue weighted by Gasteiger charge is 2.33. The Hall–Kier alpha value is -4.15. The number of aromatic nitrogens is 4. The lowest BCUT2D eigenvalue weighted by Gasteiger charge is -2.43. The molecule has 0 radical (unpaired) electrons. The summed E-state index contributed by atoms with van der Waals surface area (Å²) in [5.41, 5.74) is 2.91. The highest BCUT2D eigenvalue weighted by atomic mass is 16.5. The topological polar surface area (TPSA) is 126 Å². The molecule has 1 amide bonds. The van der Waals surface area contributed by atoms with Crippen LogP contribution >= 0.6 is 0 Å². The van der Waals surface area contributed by atoms with E-state index < -0.39 is 6.09 Å². The van der Waals surface area contributed by atoms with Gasteiger partial charge in [-0.25, -0.2) is 14.8 Å². The van der Waals surface area contributed by atoms with Crippen molar-refractivity contribution in [2.24, 2.45) is 0 Å². The molecule has 212 valence electrons. The van der Waals surface area contributed by atoms with E-state index in [2.05, 4.69) is 20.2 Å². The van der Waals surface area contributed by atoms with E-state index in [9.17, 15) is 14.7 Å². The maximum absolute atomic E-state index is 13.7. The molecule has 1 aliphatic carbocycles. The van der Waals surface area contributed by atoms with Crippen LogP contribution in [0.5, 0.6) is 0 Å². The molecule has 5 rings (SSSR count). The van der Waals surface area contributed by atoms with E-state index in [0.717, 1.165) is 42.3 Å². The van der Waals surface area contributed by atoms with Gasteiger partial charge in [-0.1, -0.05) is 12.8 Å². The Morgan fingerprint density at radius 3 is 2.50 bits per heavy atom. The van der Waals surface area contributed by atoms with Crippen molar-refractivity contribution in [3.63, 3.8) is 0 Å². The molecule has 4 heterocycles. The van der Waals surface area contributed by atoms with E-state index in [4.69, 9.17) is 9.72 Å². The number of aryl methyl sites for hydroxylation is 1. The summed E-state index contributed by atoms with van der Waals surface area (Å²) in [4.78, 5) is 42.8. The van der Waals surface area contributed by atoms with Gasteiger partial charge in [-0.05, 0) is 64.3 Å². The van der Waals surface area contributed by atoms with Crippen LogP contribution in [-0.4, -0.2) is 67.4 Å². The monoisotopic (exact) mass is 547 g/mol. The zero-order chi connectivity index (χ0) is 28.4. The van der Waals surface area contributed by atoms with Gasteiger partial charge in [0.15, 0.2) is 0 Å². The summed E-state index contributed by atoms with van der Waals surface area (Å²) in [6.07, 6.45) is 10.0. The summed E-state index contributed by atoms with van der Waals surface area (Å²) in [7, 11) is 0. The van der Waals surface area contributed by atoms with Crippen molar-refractivity contribution in [2.45, 2.75) is 71.5 Å². The number of nitrogens with zero attached hydrogens (tertiary/aromatic N) is 6. The van der Waals surface area contributed by atoms with Crippen LogP contribution in [0.3, 0.4) is 0 Å². The van der Waals surface area contributed by atoms with Crippen molar-refractivity contribution in [3.8, 4) is 0 Å². The van der Waals surface area contributed by atoms with Crippen LogP contribution in [0, 0.1) is 6.92 Å². The maximum atomic E-state index is 13.7. The quantitative estimate of drug-likeness (QED) is 0.396. The fourth-order valence-electron chi connectivity index (χ4n) is 5.99. The summed E-state index contributed by atoms with van der Waals surface area (Å²) in [6, 6.07) is 3.67. The number of hydrogen-bond acceptors (Lipinski definition) is 8. The first-order valence-electron chi connectivity index (χ1n) is 14.0. The smallest absolute Gasteiger partial charge is 0.407 e. The van der Waals surface area contributed by atoms with Crippen LogP contribution in [0.2, 0.25) is 0 Å². The molecule has 2 unspecified atom stereocenters. The minimum absolute atomic E-state index is 0.0635. The maximum Gasteiger partial charge on any atom is 0.407 e. The Balaban J connectivity index is 1.42. The predicted octanol–water partition coefficient (Wildman–Crippen LogP) is 4.94. The lowest BCUT2D eigenvalue weighted by Crippen LogP contribution is -2.58. The van der Waals surface area contributed by atoms with Crippen molar-refractivity contribution in [1.82, 2.24) is 24.4 Å². The molecule has 3 aromatic rings. The number of amides is 1. The largest absolute Gasteiger partial charge is 0.501 e. The summed E-state index contributed by atoms with van der Waals surface area (Å²) < 4.78 is 7.21. The SMILES string of the molecule is CCOC=Cc1c(C)c2cnc(Nc3ccc(N4CC(C)N(C(=O)O)C(C)C4)cn3)nc2n(C2CCCC2)c1=O. The van der Waals surface area contributed by atoms with Gasteiger partial charge in [0.2, 0.25) is 5.95 Å². The van der Waals surface area contributed by atoms with E-state index in [1.165, 1.54) is 4.90 Å². The number of fused-ring (bicyclic) bond motifs is 1. The average molecular weight is 548 g/mol. The van der Waals surface area contributed by atoms with Crippen LogP contribution in [0.15, 0.2) is 35.6 Å². The first kappa shape index (κ1) is 27.4. The summed E-state index contributed by atoms with van der Waals surface area (Å²) in [6.45, 7) is 9.39. The molecule has 0 bridgehead atoms. The normalized spacial score (nSPS) is 20.0. The van der Waals surface area contributed by atoms with Crippen molar-refractivity contribution in [1.29, 1.82) is 0 Å². The highest BCUT2D eigenvalue weighted by molar-refractivity contribution is 5.83. The van der Waals surface area contributed by atoms with Crippen LogP contribution in [0.4, 0.5) is 22.2 Å². The third-order valence-corrected chi connectivity index (χ3v) is 7.93. The summed E-state index contributed by atoms with van der Waals surface area (Å²) in [5, 5.41) is 13.5. The molecule has 2 N–H and O–H groups in total. The molecule has 11 heteroatoms. The number of pyridine rings is 2. The molecule has 0 spiro atoms. The van der Waals surface area contributed by atoms with Crippen molar-refractivity contribution >= 4 is 40.7 Å². The zero-order valence-electron chi connectivity index (χ0n) is 23.5. The molecule has 1 saturated carbocycles. The van der Waals surface area contributed by atoms with Gasteiger partial charge in [-0.3, -0.25) is 14.3 Å². The molecule has 1 saturated heterocycles. The lowest BCUT2D eigenvalue weighted by atomic mass is 10.1. The molecule has 2 aliphatic rings. The van der Waals surface area contributed by atoms with Gasteiger partial charge in [-0.2, -0.15) is 4.98 Å². The average Bonchev–Trinajstić information content (AvgIpc) is 3.45. The van der Waals surface area contributed by atoms with Crippen LogP contribution in [0.25, 0.3) is 17.1 Å². The van der Waals surface area contributed by atoms with Crippen molar-refractivity contribution in [3.05, 3.63) is 52.3 Å². The first-order valence-corrected chi connectivity index (χ1v) is 14.0. The van der Waals surface area contributed by atoms with Crippen LogP contribution in [-0.2, 0) is 4.74 Å². The number of piperazine rings is 1. The second kappa shape index (κ2) is 11.5. The second-order valence-electron chi connectivity index (χ2n) is 10.7. The molecular formula is C29H37N7O4. The van der Waals surface area contributed by atoms with Gasteiger partial charge in [0.25, 0.3) is 5.56 Å². The minimum atomic E-state index is -0.889. The number of anilines is 3. The third-order valence-electron chi connectivity index (χ3n) is 7.93. The van der Waals surface area contributed by atoms with Crippen LogP contribution < -0.4 is 15.8 Å². The van der Waals surface area contributed by atoms with Crippen LogP contribution in [0.1, 0.15) is 63.6 Å². The van der Waals surface area contributed by atoms with E-state index in [0.29, 0.717) is 42.7 Å².